The van der Waals surface area contributed by atoms with Gasteiger partial charge in [0, 0.05) is 36.6 Å². The summed E-state index contributed by atoms with van der Waals surface area (Å²) in [4.78, 5) is 1.02. The number of nitrogen functional groups attached to an aromatic ring is 1. The van der Waals surface area contributed by atoms with E-state index in [9.17, 15) is 8.42 Å². The minimum absolute atomic E-state index is 0.0990. The monoisotopic (exact) mass is 318 g/mol. The summed E-state index contributed by atoms with van der Waals surface area (Å²) in [5.41, 5.74) is 6.30. The van der Waals surface area contributed by atoms with Gasteiger partial charge in [-0.1, -0.05) is 6.92 Å². The highest BCUT2D eigenvalue weighted by atomic mass is 32.2. The number of hydrogen-bond donors (Lipinski definition) is 2. The molecule has 0 aliphatic heterocycles. The molecule has 0 saturated heterocycles. The highest BCUT2D eigenvalue weighted by Gasteiger charge is 2.12. The Morgan fingerprint density at radius 2 is 2.00 bits per heavy atom. The summed E-state index contributed by atoms with van der Waals surface area (Å²) >= 11 is 1.50. The van der Waals surface area contributed by atoms with Crippen LogP contribution < -0.4 is 10.5 Å². The van der Waals surface area contributed by atoms with Crippen molar-refractivity contribution in [2.24, 2.45) is 5.92 Å². The number of thioether (sulfide) groups is 1. The van der Waals surface area contributed by atoms with E-state index in [0.29, 0.717) is 24.6 Å². The standard InChI is InChI=1S/C13H22N2O3S2/c1-11(10-18-2)9-15-20(16,17)8-7-19-13-5-3-12(14)4-6-13/h3-6,11,15H,7-10,14H2,1-2H3. The van der Waals surface area contributed by atoms with Crippen molar-refractivity contribution < 1.29 is 13.2 Å². The molecule has 5 nitrogen and oxygen atoms in total. The van der Waals surface area contributed by atoms with Gasteiger partial charge in [-0.15, -0.1) is 11.8 Å². The fourth-order valence-electron chi connectivity index (χ4n) is 1.52. The van der Waals surface area contributed by atoms with Crippen LogP contribution in [0.2, 0.25) is 0 Å². The van der Waals surface area contributed by atoms with Crippen LogP contribution in [0.1, 0.15) is 6.92 Å². The van der Waals surface area contributed by atoms with Gasteiger partial charge in [-0.3, -0.25) is 0 Å². The molecule has 0 bridgehead atoms. The molecule has 3 N–H and O–H groups in total. The Kier molecular flexibility index (Phi) is 7.36. The molecule has 0 aromatic heterocycles. The van der Waals surface area contributed by atoms with Gasteiger partial charge in [0.1, 0.15) is 0 Å². The van der Waals surface area contributed by atoms with Gasteiger partial charge >= 0.3 is 0 Å². The fourth-order valence-corrected chi connectivity index (χ4v) is 3.98. The second-order valence-electron chi connectivity index (χ2n) is 4.65. The van der Waals surface area contributed by atoms with E-state index in [0.717, 1.165) is 4.90 Å². The van der Waals surface area contributed by atoms with Crippen molar-refractivity contribution in [2.45, 2.75) is 11.8 Å². The van der Waals surface area contributed by atoms with Crippen LogP contribution in [0, 0.1) is 5.92 Å². The van der Waals surface area contributed by atoms with Gasteiger partial charge in [0.15, 0.2) is 0 Å². The van der Waals surface area contributed by atoms with Crippen LogP contribution in [0.4, 0.5) is 5.69 Å². The number of nitrogens with two attached hydrogens (primary N) is 1. The Bertz CT molecular complexity index is 489. The van der Waals surface area contributed by atoms with Gasteiger partial charge in [0.05, 0.1) is 5.75 Å². The quantitative estimate of drug-likeness (QED) is 0.533. The molecule has 114 valence electrons. The maximum atomic E-state index is 11.8. The van der Waals surface area contributed by atoms with Gasteiger partial charge < -0.3 is 10.5 Å². The van der Waals surface area contributed by atoms with Crippen molar-refractivity contribution in [3.05, 3.63) is 24.3 Å². The summed E-state index contributed by atoms with van der Waals surface area (Å²) in [7, 11) is -1.62. The van der Waals surface area contributed by atoms with Crippen LogP contribution >= 0.6 is 11.8 Å². The summed E-state index contributed by atoms with van der Waals surface area (Å²) in [6.45, 7) is 2.89. The normalized spacial score (nSPS) is 13.3. The number of nitrogens with one attached hydrogen (secondary N) is 1. The van der Waals surface area contributed by atoms with Crippen molar-refractivity contribution in [1.29, 1.82) is 0 Å². The fraction of sp³-hybridized carbons (Fsp3) is 0.538. The molecule has 1 aromatic rings. The highest BCUT2D eigenvalue weighted by molar-refractivity contribution is 8.00. The molecule has 20 heavy (non-hydrogen) atoms. The SMILES string of the molecule is COCC(C)CNS(=O)(=O)CCSc1ccc(N)cc1. The van der Waals surface area contributed by atoms with Crippen molar-refractivity contribution in [3.8, 4) is 0 Å². The van der Waals surface area contributed by atoms with E-state index in [4.69, 9.17) is 10.5 Å². The minimum Gasteiger partial charge on any atom is -0.399 e. The third-order valence-corrected chi connectivity index (χ3v) is 5.22. The minimum atomic E-state index is -3.22. The first-order chi connectivity index (χ1) is 9.43. The van der Waals surface area contributed by atoms with Crippen molar-refractivity contribution >= 4 is 27.5 Å². The Morgan fingerprint density at radius 3 is 2.60 bits per heavy atom. The van der Waals surface area contributed by atoms with Gasteiger partial charge in [-0.25, -0.2) is 13.1 Å². The lowest BCUT2D eigenvalue weighted by Gasteiger charge is -2.11. The number of benzene rings is 1. The molecule has 1 rings (SSSR count). The first kappa shape index (κ1) is 17.3. The Hall–Kier alpha value is -0.760. The summed E-state index contributed by atoms with van der Waals surface area (Å²) in [5, 5.41) is 0. The molecular weight excluding hydrogens is 296 g/mol. The van der Waals surface area contributed by atoms with Crippen molar-refractivity contribution in [3.63, 3.8) is 0 Å². The number of sulfonamides is 1. The largest absolute Gasteiger partial charge is 0.399 e. The van der Waals surface area contributed by atoms with Crippen LogP contribution in [0.15, 0.2) is 29.2 Å². The van der Waals surface area contributed by atoms with Gasteiger partial charge in [0.2, 0.25) is 10.0 Å². The molecule has 0 aliphatic rings. The van der Waals surface area contributed by atoms with Gasteiger partial charge in [0.25, 0.3) is 0 Å². The zero-order valence-electron chi connectivity index (χ0n) is 11.8. The average Bonchev–Trinajstić information content (AvgIpc) is 2.39. The maximum absolute atomic E-state index is 11.8. The Labute approximate surface area is 125 Å². The van der Waals surface area contributed by atoms with E-state index < -0.39 is 10.0 Å². The summed E-state index contributed by atoms with van der Waals surface area (Å²) in [6, 6.07) is 7.39. The number of ether oxygens (including phenoxy) is 1. The van der Waals surface area contributed by atoms with E-state index >= 15 is 0 Å². The molecule has 0 amide bonds. The van der Waals surface area contributed by atoms with Gasteiger partial charge in [-0.05, 0) is 30.2 Å². The topological polar surface area (TPSA) is 81.4 Å². The average molecular weight is 318 g/mol. The zero-order valence-corrected chi connectivity index (χ0v) is 13.5. The lowest BCUT2D eigenvalue weighted by atomic mass is 10.2. The van der Waals surface area contributed by atoms with E-state index in [2.05, 4.69) is 4.72 Å². The van der Waals surface area contributed by atoms with E-state index in [1.165, 1.54) is 11.8 Å². The molecule has 0 spiro atoms. The predicted octanol–water partition coefficient (Wildman–Crippen LogP) is 1.56. The molecule has 0 saturated carbocycles. The maximum Gasteiger partial charge on any atom is 0.212 e. The molecule has 7 heteroatoms. The molecular formula is C13H22N2O3S2. The number of methoxy groups -OCH3 is 1. The van der Waals surface area contributed by atoms with E-state index in [-0.39, 0.29) is 11.7 Å². The first-order valence-corrected chi connectivity index (χ1v) is 9.01. The molecule has 0 heterocycles. The Balaban J connectivity index is 2.30. The van der Waals surface area contributed by atoms with Crippen LogP contribution in [-0.2, 0) is 14.8 Å². The molecule has 1 atom stereocenters. The smallest absolute Gasteiger partial charge is 0.212 e. The predicted molar refractivity (Wildman–Crippen MR) is 84.4 cm³/mol. The second kappa shape index (κ2) is 8.51. The summed E-state index contributed by atoms with van der Waals surface area (Å²) in [5.74, 6) is 0.777. The molecule has 0 aliphatic carbocycles. The number of anilines is 1. The highest BCUT2D eigenvalue weighted by Crippen LogP contribution is 2.19. The third-order valence-electron chi connectivity index (χ3n) is 2.60. The number of hydrogen-bond acceptors (Lipinski definition) is 5. The van der Waals surface area contributed by atoms with E-state index in [1.54, 1.807) is 7.11 Å². The molecule has 1 aromatic carbocycles. The molecule has 1 unspecified atom stereocenters. The second-order valence-corrected chi connectivity index (χ2v) is 7.74. The van der Waals surface area contributed by atoms with Crippen molar-refractivity contribution in [1.82, 2.24) is 4.72 Å². The van der Waals surface area contributed by atoms with Gasteiger partial charge in [-0.2, -0.15) is 0 Å². The van der Waals surface area contributed by atoms with E-state index in [1.807, 2.05) is 31.2 Å². The molecule has 0 radical (unpaired) electrons. The third kappa shape index (κ3) is 7.14. The number of rotatable bonds is 9. The lowest BCUT2D eigenvalue weighted by Crippen LogP contribution is -2.32. The molecule has 0 fully saturated rings. The van der Waals surface area contributed by atoms with Crippen LogP contribution in [0.25, 0.3) is 0 Å². The van der Waals surface area contributed by atoms with Crippen LogP contribution in [0.3, 0.4) is 0 Å². The lowest BCUT2D eigenvalue weighted by molar-refractivity contribution is 0.161. The summed E-state index contributed by atoms with van der Waals surface area (Å²) in [6.07, 6.45) is 0. The van der Waals surface area contributed by atoms with Crippen LogP contribution in [0.5, 0.6) is 0 Å². The zero-order chi connectivity index (χ0) is 15.0. The van der Waals surface area contributed by atoms with Crippen LogP contribution in [-0.4, -0.2) is 40.2 Å². The Morgan fingerprint density at radius 1 is 1.35 bits per heavy atom. The summed E-state index contributed by atoms with van der Waals surface area (Å²) < 4.78 is 31.2. The first-order valence-electron chi connectivity index (χ1n) is 6.37. The van der Waals surface area contributed by atoms with Crippen molar-refractivity contribution in [2.75, 3.05) is 37.5 Å².